The number of nitrogens with zero attached hydrogens (tertiary/aromatic N) is 3. The molecule has 3 heteroatoms. The zero-order chi connectivity index (χ0) is 51.1. The maximum absolute atomic E-state index is 5.42. The molecule has 0 N–H and O–H groups in total. The van der Waals surface area contributed by atoms with Crippen molar-refractivity contribution in [3.63, 3.8) is 0 Å². The Morgan fingerprint density at radius 1 is 0.513 bits per heavy atom. The Balaban J connectivity index is 0.762. The van der Waals surface area contributed by atoms with Gasteiger partial charge in [-0.1, -0.05) is 196 Å². The Morgan fingerprint density at radius 3 is 2.04 bits per heavy atom. The highest BCUT2D eigenvalue weighted by Crippen LogP contribution is 2.51. The van der Waals surface area contributed by atoms with Gasteiger partial charge in [0.2, 0.25) is 0 Å². The first-order valence-electron chi connectivity index (χ1n) is 26.8. The minimum absolute atomic E-state index is 0.0482. The summed E-state index contributed by atoms with van der Waals surface area (Å²) < 4.78 is 0. The summed E-state index contributed by atoms with van der Waals surface area (Å²) >= 11 is 0. The molecule has 76 heavy (non-hydrogen) atoms. The van der Waals surface area contributed by atoms with Gasteiger partial charge >= 0.3 is 0 Å². The SMILES string of the molecule is C/C(=C1/C=CC=CC1=N[C@@H](C)c1cccc(-c2ccc3c(ccc4ccccc43)c2)c1)c1ccc2c(c1)C(C)(C)c1cc(-c3nc(-c4cccc(-c5ccc6c7c(ccc6c5)CCC=C7)c4)nc4ccccc34)ccc1-2. The number of fused-ring (bicyclic) bond motifs is 10. The number of para-hydroxylation sites is 1. The van der Waals surface area contributed by atoms with E-state index in [0.717, 1.165) is 63.2 Å². The fourth-order valence-corrected chi connectivity index (χ4v) is 12.3. The number of allylic oxidation sites excluding steroid dienone is 7. The molecule has 0 spiro atoms. The van der Waals surface area contributed by atoms with E-state index >= 15 is 0 Å². The van der Waals surface area contributed by atoms with Crippen molar-refractivity contribution in [1.29, 1.82) is 0 Å². The van der Waals surface area contributed by atoms with Gasteiger partial charge < -0.3 is 0 Å². The molecule has 0 radical (unpaired) electrons. The van der Waals surface area contributed by atoms with Crippen molar-refractivity contribution < 1.29 is 0 Å². The van der Waals surface area contributed by atoms with Crippen molar-refractivity contribution in [1.82, 2.24) is 9.97 Å². The minimum Gasteiger partial charge on any atom is -0.277 e. The van der Waals surface area contributed by atoms with E-state index < -0.39 is 0 Å². The van der Waals surface area contributed by atoms with Gasteiger partial charge in [0, 0.05) is 27.5 Å². The van der Waals surface area contributed by atoms with Crippen molar-refractivity contribution in [2.75, 3.05) is 0 Å². The molecular formula is C73H55N3. The second kappa shape index (κ2) is 18.1. The lowest BCUT2D eigenvalue weighted by Gasteiger charge is -2.23. The highest BCUT2D eigenvalue weighted by molar-refractivity contribution is 6.16. The number of aliphatic imine (C=N–C) groups is 1. The topological polar surface area (TPSA) is 38.1 Å². The molecule has 0 saturated heterocycles. The third-order valence-corrected chi connectivity index (χ3v) is 16.5. The first-order valence-corrected chi connectivity index (χ1v) is 26.8. The predicted molar refractivity (Wildman–Crippen MR) is 322 cm³/mol. The summed E-state index contributed by atoms with van der Waals surface area (Å²) in [6.07, 6.45) is 15.4. The lowest BCUT2D eigenvalue weighted by molar-refractivity contribution is 0.660. The van der Waals surface area contributed by atoms with Crippen LogP contribution in [0.2, 0.25) is 0 Å². The van der Waals surface area contributed by atoms with E-state index in [1.165, 1.54) is 99.1 Å². The summed E-state index contributed by atoms with van der Waals surface area (Å²) in [6, 6.07) is 71.4. The summed E-state index contributed by atoms with van der Waals surface area (Å²) in [5.41, 5.74) is 22.2. The van der Waals surface area contributed by atoms with Crippen LogP contribution in [0.4, 0.5) is 0 Å². The van der Waals surface area contributed by atoms with Crippen LogP contribution in [0.3, 0.4) is 0 Å². The molecule has 0 unspecified atom stereocenters. The van der Waals surface area contributed by atoms with Crippen molar-refractivity contribution in [2.24, 2.45) is 4.99 Å². The molecule has 1 aromatic heterocycles. The van der Waals surface area contributed by atoms with E-state index in [2.05, 4.69) is 258 Å². The van der Waals surface area contributed by atoms with Gasteiger partial charge in [-0.2, -0.15) is 0 Å². The van der Waals surface area contributed by atoms with E-state index in [0.29, 0.717) is 0 Å². The second-order valence-corrected chi connectivity index (χ2v) is 21.5. The van der Waals surface area contributed by atoms with Crippen LogP contribution in [-0.4, -0.2) is 15.7 Å². The maximum Gasteiger partial charge on any atom is 0.160 e. The zero-order valence-corrected chi connectivity index (χ0v) is 43.3. The molecule has 0 fully saturated rings. The summed E-state index contributed by atoms with van der Waals surface area (Å²) in [6.45, 7) is 9.19. The molecule has 0 amide bonds. The van der Waals surface area contributed by atoms with Crippen molar-refractivity contribution in [3.05, 3.63) is 263 Å². The Hall–Kier alpha value is -9.05. The van der Waals surface area contributed by atoms with Crippen molar-refractivity contribution in [2.45, 2.75) is 52.0 Å². The van der Waals surface area contributed by atoms with Gasteiger partial charge in [0.15, 0.2) is 5.82 Å². The molecule has 0 saturated carbocycles. The van der Waals surface area contributed by atoms with Gasteiger partial charge in [0.1, 0.15) is 0 Å². The fourth-order valence-electron chi connectivity index (χ4n) is 12.3. The number of rotatable bonds is 7. The van der Waals surface area contributed by atoms with E-state index in [9.17, 15) is 0 Å². The second-order valence-electron chi connectivity index (χ2n) is 21.5. The largest absolute Gasteiger partial charge is 0.277 e. The van der Waals surface area contributed by atoms with Gasteiger partial charge in [-0.15, -0.1) is 0 Å². The van der Waals surface area contributed by atoms with Crippen LogP contribution in [0.5, 0.6) is 0 Å². The third-order valence-electron chi connectivity index (χ3n) is 16.5. The molecule has 0 bridgehead atoms. The predicted octanol–water partition coefficient (Wildman–Crippen LogP) is 19.1. The molecule has 10 aromatic carbocycles. The first kappa shape index (κ1) is 45.6. The van der Waals surface area contributed by atoms with E-state index in [1.807, 2.05) is 0 Å². The highest BCUT2D eigenvalue weighted by Gasteiger charge is 2.36. The summed E-state index contributed by atoms with van der Waals surface area (Å²) in [5.74, 6) is 0.721. The average molecular weight is 974 g/mol. The third kappa shape index (κ3) is 7.77. The van der Waals surface area contributed by atoms with Crippen LogP contribution in [0.15, 0.2) is 235 Å². The van der Waals surface area contributed by atoms with Crippen LogP contribution in [-0.2, 0) is 11.8 Å². The summed E-state index contributed by atoms with van der Waals surface area (Å²) in [5, 5.41) is 8.70. The molecule has 14 rings (SSSR count). The van der Waals surface area contributed by atoms with Crippen molar-refractivity contribution >= 4 is 60.6 Å². The normalized spacial score (nSPS) is 15.9. The quantitative estimate of drug-likeness (QED) is 0.149. The summed E-state index contributed by atoms with van der Waals surface area (Å²) in [4.78, 5) is 16.0. The standard InChI is InChI=1S/C73H55N3/c1-45(59-21-9-11-25-69(59)74-46(2)50-17-13-18-51(39-50)53-32-35-62-55(40-53)29-27-47-15-5-7-22-60(47)62)49-31-37-64-65-38-34-57(44-68(65)73(3,4)67(64)43-49)71-66-24-10-12-26-70(66)75-72(76-71)58-20-14-19-52(42-58)54-33-36-63-56(41-54)30-28-48-16-6-8-23-61(48)63/h5,7-15,17-44,46H,6,16H2,1-4H3/b59-45+,74-69?/t46-/m0/s1. The Bertz CT molecular complexity index is 4400. The lowest BCUT2D eigenvalue weighted by Crippen LogP contribution is -2.15. The molecule has 1 heterocycles. The summed E-state index contributed by atoms with van der Waals surface area (Å²) in [7, 11) is 0. The van der Waals surface area contributed by atoms with Gasteiger partial charge in [-0.05, 0) is 180 Å². The Kier molecular flexibility index (Phi) is 10.9. The van der Waals surface area contributed by atoms with Gasteiger partial charge in [0.25, 0.3) is 0 Å². The lowest BCUT2D eigenvalue weighted by atomic mass is 9.80. The molecule has 362 valence electrons. The van der Waals surface area contributed by atoms with Crippen LogP contribution in [0.25, 0.3) is 111 Å². The van der Waals surface area contributed by atoms with Crippen molar-refractivity contribution in [3.8, 4) is 56.0 Å². The Labute approximate surface area is 444 Å². The van der Waals surface area contributed by atoms with Crippen LogP contribution >= 0.6 is 0 Å². The maximum atomic E-state index is 5.42. The van der Waals surface area contributed by atoms with Crippen LogP contribution < -0.4 is 0 Å². The molecule has 11 aromatic rings. The number of hydrogen-bond donors (Lipinski definition) is 0. The molecular weight excluding hydrogens is 919 g/mol. The molecule has 3 aliphatic carbocycles. The minimum atomic E-state index is -0.255. The molecule has 1 atom stereocenters. The highest BCUT2D eigenvalue weighted by atomic mass is 14.9. The van der Waals surface area contributed by atoms with Gasteiger partial charge in [-0.25, -0.2) is 9.97 Å². The number of aromatic nitrogens is 2. The number of benzene rings is 10. The number of aryl methyl sites for hydroxylation is 1. The first-order chi connectivity index (χ1) is 37.2. The van der Waals surface area contributed by atoms with Crippen LogP contribution in [0, 0.1) is 0 Å². The zero-order valence-electron chi connectivity index (χ0n) is 43.3. The monoisotopic (exact) mass is 973 g/mol. The molecule has 3 nitrogen and oxygen atoms in total. The van der Waals surface area contributed by atoms with E-state index in [-0.39, 0.29) is 11.5 Å². The van der Waals surface area contributed by atoms with Crippen LogP contribution in [0.1, 0.15) is 73.5 Å². The van der Waals surface area contributed by atoms with E-state index in [1.54, 1.807) is 0 Å². The molecule has 0 aliphatic heterocycles. The average Bonchev–Trinajstić information content (AvgIpc) is 3.83. The fraction of sp³-hybridized carbons (Fsp3) is 0.110. The molecule has 3 aliphatic rings. The van der Waals surface area contributed by atoms with Gasteiger partial charge in [0.05, 0.1) is 23.0 Å². The van der Waals surface area contributed by atoms with E-state index in [4.69, 9.17) is 15.0 Å². The van der Waals surface area contributed by atoms with Gasteiger partial charge in [-0.3, -0.25) is 4.99 Å². The smallest absolute Gasteiger partial charge is 0.160 e. The Morgan fingerprint density at radius 2 is 1.17 bits per heavy atom. The number of hydrogen-bond acceptors (Lipinski definition) is 3.